The standard InChI is InChI=1S/C9H11N3S/c1-2-5-13-7-3-4-8-9(6-7)11-12-10-8/h3-4,6H,2,5H2,1H3,(H,10,11,12). The van der Waals surface area contributed by atoms with Crippen molar-refractivity contribution in [1.29, 1.82) is 0 Å². The zero-order valence-electron chi connectivity index (χ0n) is 7.45. The number of nitrogens with zero attached hydrogens (tertiary/aromatic N) is 2. The van der Waals surface area contributed by atoms with Gasteiger partial charge in [0.25, 0.3) is 0 Å². The molecular formula is C9H11N3S. The van der Waals surface area contributed by atoms with Crippen molar-refractivity contribution in [2.24, 2.45) is 0 Å². The number of H-pyrrole nitrogens is 1. The first-order valence-electron chi connectivity index (χ1n) is 4.33. The highest BCUT2D eigenvalue weighted by atomic mass is 32.2. The van der Waals surface area contributed by atoms with Crippen molar-refractivity contribution in [3.05, 3.63) is 18.2 Å². The van der Waals surface area contributed by atoms with Crippen LogP contribution in [0.4, 0.5) is 0 Å². The molecule has 0 aliphatic heterocycles. The number of hydrogen-bond acceptors (Lipinski definition) is 3. The van der Waals surface area contributed by atoms with Crippen molar-refractivity contribution in [2.75, 3.05) is 5.75 Å². The topological polar surface area (TPSA) is 41.6 Å². The summed E-state index contributed by atoms with van der Waals surface area (Å²) in [7, 11) is 0. The fraction of sp³-hybridized carbons (Fsp3) is 0.333. The molecular weight excluding hydrogens is 182 g/mol. The van der Waals surface area contributed by atoms with Gasteiger partial charge in [0.1, 0.15) is 11.0 Å². The summed E-state index contributed by atoms with van der Waals surface area (Å²) in [6, 6.07) is 6.15. The normalized spacial score (nSPS) is 10.8. The number of aromatic nitrogens is 3. The molecule has 1 aromatic carbocycles. The summed E-state index contributed by atoms with van der Waals surface area (Å²) in [4.78, 5) is 1.27. The van der Waals surface area contributed by atoms with Gasteiger partial charge in [0.15, 0.2) is 0 Å². The van der Waals surface area contributed by atoms with Gasteiger partial charge in [-0.3, -0.25) is 0 Å². The summed E-state index contributed by atoms with van der Waals surface area (Å²) in [6.07, 6.45) is 1.20. The van der Waals surface area contributed by atoms with Gasteiger partial charge in [0.05, 0.1) is 0 Å². The van der Waals surface area contributed by atoms with E-state index in [9.17, 15) is 0 Å². The van der Waals surface area contributed by atoms with Gasteiger partial charge in [0, 0.05) is 4.90 Å². The number of benzene rings is 1. The first kappa shape index (κ1) is 8.56. The predicted molar refractivity (Wildman–Crippen MR) is 54.9 cm³/mol. The van der Waals surface area contributed by atoms with Crippen LogP contribution in [0.5, 0.6) is 0 Å². The molecule has 1 heterocycles. The lowest BCUT2D eigenvalue weighted by atomic mass is 10.3. The Bertz CT molecular complexity index is 396. The Hall–Kier alpha value is -1.03. The highest BCUT2D eigenvalue weighted by Gasteiger charge is 1.99. The monoisotopic (exact) mass is 193 g/mol. The number of fused-ring (bicyclic) bond motifs is 1. The quantitative estimate of drug-likeness (QED) is 0.761. The smallest absolute Gasteiger partial charge is 0.114 e. The van der Waals surface area contributed by atoms with E-state index in [1.165, 1.54) is 11.3 Å². The van der Waals surface area contributed by atoms with E-state index in [0.717, 1.165) is 16.8 Å². The predicted octanol–water partition coefficient (Wildman–Crippen LogP) is 2.46. The molecule has 0 bridgehead atoms. The van der Waals surface area contributed by atoms with Crippen LogP contribution in [0.2, 0.25) is 0 Å². The number of thioether (sulfide) groups is 1. The van der Waals surface area contributed by atoms with Gasteiger partial charge in [-0.15, -0.1) is 11.8 Å². The van der Waals surface area contributed by atoms with E-state index in [1.54, 1.807) is 0 Å². The molecule has 2 rings (SSSR count). The third-order valence-electron chi connectivity index (χ3n) is 1.76. The average Bonchev–Trinajstić information content (AvgIpc) is 2.61. The van der Waals surface area contributed by atoms with Crippen molar-refractivity contribution in [1.82, 2.24) is 15.4 Å². The van der Waals surface area contributed by atoms with Crippen LogP contribution in [0.25, 0.3) is 11.0 Å². The molecule has 0 amide bonds. The molecule has 1 aromatic heterocycles. The summed E-state index contributed by atoms with van der Waals surface area (Å²) < 4.78 is 0. The number of nitrogens with one attached hydrogen (secondary N) is 1. The molecule has 3 nitrogen and oxygen atoms in total. The lowest BCUT2D eigenvalue weighted by Gasteiger charge is -1.97. The van der Waals surface area contributed by atoms with Crippen molar-refractivity contribution < 1.29 is 0 Å². The summed E-state index contributed by atoms with van der Waals surface area (Å²) >= 11 is 1.86. The van der Waals surface area contributed by atoms with E-state index < -0.39 is 0 Å². The fourth-order valence-electron chi connectivity index (χ4n) is 1.13. The van der Waals surface area contributed by atoms with Crippen LogP contribution in [0.1, 0.15) is 13.3 Å². The molecule has 0 radical (unpaired) electrons. The minimum Gasteiger partial charge on any atom is -0.197 e. The Kier molecular flexibility index (Phi) is 2.49. The first-order chi connectivity index (χ1) is 6.40. The molecule has 1 N–H and O–H groups in total. The Morgan fingerprint density at radius 3 is 3.00 bits per heavy atom. The Morgan fingerprint density at radius 2 is 2.15 bits per heavy atom. The highest BCUT2D eigenvalue weighted by Crippen LogP contribution is 2.21. The van der Waals surface area contributed by atoms with E-state index >= 15 is 0 Å². The minimum atomic E-state index is 0.931. The maximum Gasteiger partial charge on any atom is 0.114 e. The fourth-order valence-corrected chi connectivity index (χ4v) is 1.93. The number of rotatable bonds is 3. The molecule has 0 atom stereocenters. The molecule has 13 heavy (non-hydrogen) atoms. The molecule has 0 saturated carbocycles. The van der Waals surface area contributed by atoms with E-state index in [1.807, 2.05) is 17.8 Å². The largest absolute Gasteiger partial charge is 0.197 e. The van der Waals surface area contributed by atoms with Crippen LogP contribution in [0.3, 0.4) is 0 Å². The van der Waals surface area contributed by atoms with Gasteiger partial charge in [-0.1, -0.05) is 6.92 Å². The van der Waals surface area contributed by atoms with Gasteiger partial charge in [-0.05, 0) is 30.4 Å². The Morgan fingerprint density at radius 1 is 1.31 bits per heavy atom. The first-order valence-corrected chi connectivity index (χ1v) is 5.32. The van der Waals surface area contributed by atoms with Crippen LogP contribution >= 0.6 is 11.8 Å². The third kappa shape index (κ3) is 1.83. The van der Waals surface area contributed by atoms with Crippen LogP contribution in [-0.4, -0.2) is 21.2 Å². The van der Waals surface area contributed by atoms with E-state index in [-0.39, 0.29) is 0 Å². The second kappa shape index (κ2) is 3.79. The van der Waals surface area contributed by atoms with E-state index in [2.05, 4.69) is 34.5 Å². The lowest BCUT2D eigenvalue weighted by molar-refractivity contribution is 0.959. The summed E-state index contributed by atoms with van der Waals surface area (Å²) in [5.74, 6) is 1.16. The second-order valence-corrected chi connectivity index (χ2v) is 3.99. The maximum atomic E-state index is 4.04. The molecule has 0 aliphatic rings. The average molecular weight is 193 g/mol. The molecule has 0 aliphatic carbocycles. The van der Waals surface area contributed by atoms with Crippen LogP contribution in [-0.2, 0) is 0 Å². The van der Waals surface area contributed by atoms with Crippen molar-refractivity contribution in [2.45, 2.75) is 18.2 Å². The summed E-state index contributed by atoms with van der Waals surface area (Å²) in [5.41, 5.74) is 1.88. The molecule has 4 heteroatoms. The Labute approximate surface area is 80.9 Å². The SMILES string of the molecule is CCCSc1ccc2n[nH]nc2c1. The Balaban J connectivity index is 2.26. The summed E-state index contributed by atoms with van der Waals surface area (Å²) in [6.45, 7) is 2.18. The molecule has 0 saturated heterocycles. The van der Waals surface area contributed by atoms with Crippen LogP contribution in [0, 0.1) is 0 Å². The number of aromatic amines is 1. The molecule has 0 fully saturated rings. The third-order valence-corrected chi connectivity index (χ3v) is 2.96. The lowest BCUT2D eigenvalue weighted by Crippen LogP contribution is -1.76. The second-order valence-electron chi connectivity index (χ2n) is 2.82. The molecule has 2 aromatic rings. The maximum absolute atomic E-state index is 4.04. The van der Waals surface area contributed by atoms with Gasteiger partial charge in [-0.2, -0.15) is 15.4 Å². The molecule has 68 valence electrons. The highest BCUT2D eigenvalue weighted by molar-refractivity contribution is 7.99. The number of hydrogen-bond donors (Lipinski definition) is 1. The summed E-state index contributed by atoms with van der Waals surface area (Å²) in [5, 5.41) is 10.6. The van der Waals surface area contributed by atoms with Gasteiger partial charge in [-0.25, -0.2) is 0 Å². The van der Waals surface area contributed by atoms with Crippen molar-refractivity contribution in [3.63, 3.8) is 0 Å². The van der Waals surface area contributed by atoms with Crippen molar-refractivity contribution in [3.8, 4) is 0 Å². The van der Waals surface area contributed by atoms with Crippen LogP contribution in [0.15, 0.2) is 23.1 Å². The van der Waals surface area contributed by atoms with E-state index in [4.69, 9.17) is 0 Å². The van der Waals surface area contributed by atoms with E-state index in [0.29, 0.717) is 0 Å². The zero-order valence-corrected chi connectivity index (χ0v) is 8.27. The minimum absolute atomic E-state index is 0.931. The molecule has 0 unspecified atom stereocenters. The molecule has 0 spiro atoms. The van der Waals surface area contributed by atoms with Crippen LogP contribution < -0.4 is 0 Å². The van der Waals surface area contributed by atoms with Gasteiger partial charge >= 0.3 is 0 Å². The van der Waals surface area contributed by atoms with Gasteiger partial charge in [0.2, 0.25) is 0 Å². The van der Waals surface area contributed by atoms with Gasteiger partial charge < -0.3 is 0 Å². The van der Waals surface area contributed by atoms with Crippen molar-refractivity contribution >= 4 is 22.8 Å². The zero-order chi connectivity index (χ0) is 9.10.